The van der Waals surface area contributed by atoms with Crippen molar-refractivity contribution >= 4 is 23.4 Å². The Balaban J connectivity index is 2.11. The van der Waals surface area contributed by atoms with E-state index in [9.17, 15) is 18.0 Å². The van der Waals surface area contributed by atoms with Crippen LogP contribution in [0.2, 0.25) is 0 Å². The molecule has 0 unspecified atom stereocenters. The number of thioether (sulfide) groups is 1. The van der Waals surface area contributed by atoms with Gasteiger partial charge in [-0.2, -0.15) is 13.2 Å². The van der Waals surface area contributed by atoms with Gasteiger partial charge in [0.15, 0.2) is 0 Å². The van der Waals surface area contributed by atoms with Gasteiger partial charge in [0, 0.05) is 10.6 Å². The lowest BCUT2D eigenvalue weighted by atomic mass is 10.1. The van der Waals surface area contributed by atoms with Crippen LogP contribution in [0, 0.1) is 20.8 Å². The van der Waals surface area contributed by atoms with Crippen molar-refractivity contribution in [1.82, 2.24) is 0 Å². The summed E-state index contributed by atoms with van der Waals surface area (Å²) in [6.07, 6.45) is -4.39. The molecule has 2 nitrogen and oxygen atoms in total. The van der Waals surface area contributed by atoms with Crippen molar-refractivity contribution in [2.75, 3.05) is 5.32 Å². The molecule has 0 aliphatic carbocycles. The minimum atomic E-state index is -4.39. The maximum atomic E-state index is 12.8. The molecular weight excluding hydrogens is 347 g/mol. The van der Waals surface area contributed by atoms with Crippen molar-refractivity contribution < 1.29 is 18.0 Å². The summed E-state index contributed by atoms with van der Waals surface area (Å²) in [6.45, 7) is 7.50. The summed E-state index contributed by atoms with van der Waals surface area (Å²) >= 11 is 1.10. The van der Waals surface area contributed by atoms with Gasteiger partial charge in [0.2, 0.25) is 5.91 Å². The number of carbonyl (C=O) groups is 1. The second-order valence-corrected chi connectivity index (χ2v) is 7.46. The van der Waals surface area contributed by atoms with E-state index in [4.69, 9.17) is 0 Å². The number of anilines is 1. The summed E-state index contributed by atoms with van der Waals surface area (Å²) in [6, 6.07) is 8.97. The number of hydrogen-bond donors (Lipinski definition) is 1. The molecule has 134 valence electrons. The Morgan fingerprint density at radius 3 is 2.24 bits per heavy atom. The topological polar surface area (TPSA) is 29.1 Å². The van der Waals surface area contributed by atoms with E-state index in [1.807, 2.05) is 32.9 Å². The van der Waals surface area contributed by atoms with Gasteiger partial charge in [0.05, 0.1) is 10.8 Å². The number of amides is 1. The Morgan fingerprint density at radius 1 is 1.08 bits per heavy atom. The van der Waals surface area contributed by atoms with E-state index in [0.29, 0.717) is 4.90 Å². The van der Waals surface area contributed by atoms with Crippen LogP contribution >= 0.6 is 11.8 Å². The summed E-state index contributed by atoms with van der Waals surface area (Å²) in [5, 5.41) is 2.36. The van der Waals surface area contributed by atoms with Crippen molar-refractivity contribution in [1.29, 1.82) is 0 Å². The number of benzene rings is 2. The first-order valence-electron chi connectivity index (χ1n) is 7.80. The number of aryl methyl sites for hydroxylation is 3. The molecule has 0 saturated carbocycles. The van der Waals surface area contributed by atoms with Crippen molar-refractivity contribution in [2.45, 2.75) is 44.0 Å². The van der Waals surface area contributed by atoms with E-state index in [1.165, 1.54) is 6.07 Å². The number of halogens is 3. The molecule has 1 amide bonds. The molecule has 1 atom stereocenters. The average Bonchev–Trinajstić information content (AvgIpc) is 2.50. The smallest absolute Gasteiger partial charge is 0.325 e. The molecule has 2 rings (SSSR count). The van der Waals surface area contributed by atoms with Crippen LogP contribution < -0.4 is 5.32 Å². The van der Waals surface area contributed by atoms with Crippen molar-refractivity contribution in [2.24, 2.45) is 0 Å². The second-order valence-electron chi connectivity index (χ2n) is 6.05. The molecule has 0 fully saturated rings. The summed E-state index contributed by atoms with van der Waals surface area (Å²) in [5.41, 5.74) is 3.08. The zero-order valence-corrected chi connectivity index (χ0v) is 15.3. The minimum absolute atomic E-state index is 0.238. The summed E-state index contributed by atoms with van der Waals surface area (Å²) < 4.78 is 38.4. The highest BCUT2D eigenvalue weighted by Crippen LogP contribution is 2.33. The molecule has 0 radical (unpaired) electrons. The average molecular weight is 367 g/mol. The summed E-state index contributed by atoms with van der Waals surface area (Å²) in [5.74, 6) is -0.238. The number of rotatable bonds is 4. The van der Waals surface area contributed by atoms with Crippen molar-refractivity contribution in [3.63, 3.8) is 0 Å². The van der Waals surface area contributed by atoms with Gasteiger partial charge in [0.25, 0.3) is 0 Å². The number of nitrogens with one attached hydrogen (secondary N) is 1. The molecule has 0 aliphatic rings. The van der Waals surface area contributed by atoms with Crippen LogP contribution in [-0.4, -0.2) is 11.2 Å². The van der Waals surface area contributed by atoms with Gasteiger partial charge in [-0.15, -0.1) is 11.8 Å². The molecule has 0 heterocycles. The summed E-state index contributed by atoms with van der Waals surface area (Å²) in [4.78, 5) is 12.8. The maximum Gasteiger partial charge on any atom is 0.416 e. The minimum Gasteiger partial charge on any atom is -0.325 e. The number of hydrogen-bond acceptors (Lipinski definition) is 2. The fourth-order valence-electron chi connectivity index (χ4n) is 2.61. The largest absolute Gasteiger partial charge is 0.416 e. The molecule has 2 aromatic rings. The van der Waals surface area contributed by atoms with Crippen LogP contribution in [0.5, 0.6) is 0 Å². The molecule has 0 aromatic heterocycles. The van der Waals surface area contributed by atoms with Gasteiger partial charge in [0.1, 0.15) is 0 Å². The summed E-state index contributed by atoms with van der Waals surface area (Å²) in [7, 11) is 0. The first kappa shape index (κ1) is 19.4. The molecule has 6 heteroatoms. The van der Waals surface area contributed by atoms with Gasteiger partial charge < -0.3 is 5.32 Å². The van der Waals surface area contributed by atoms with Crippen molar-refractivity contribution in [3.8, 4) is 0 Å². The molecule has 0 saturated heterocycles. The highest BCUT2D eigenvalue weighted by molar-refractivity contribution is 8.00. The number of carbonyl (C=O) groups excluding carboxylic acids is 1. The van der Waals surface area contributed by atoms with Crippen molar-refractivity contribution in [3.05, 3.63) is 58.7 Å². The fraction of sp³-hybridized carbons (Fsp3) is 0.316. The maximum absolute atomic E-state index is 12.8. The first-order valence-corrected chi connectivity index (χ1v) is 8.68. The van der Waals surface area contributed by atoms with Gasteiger partial charge in [-0.25, -0.2) is 0 Å². The molecule has 2 aromatic carbocycles. The van der Waals surface area contributed by atoms with Crippen LogP contribution in [0.25, 0.3) is 0 Å². The van der Waals surface area contributed by atoms with E-state index in [1.54, 1.807) is 13.0 Å². The van der Waals surface area contributed by atoms with Gasteiger partial charge in [-0.1, -0.05) is 23.8 Å². The lowest BCUT2D eigenvalue weighted by Crippen LogP contribution is -2.23. The van der Waals surface area contributed by atoms with Crippen LogP contribution in [-0.2, 0) is 11.0 Å². The Bertz CT molecular complexity index is 763. The fourth-order valence-corrected chi connectivity index (χ4v) is 3.53. The van der Waals surface area contributed by atoms with E-state index in [2.05, 4.69) is 5.32 Å². The van der Waals surface area contributed by atoms with E-state index in [0.717, 1.165) is 46.3 Å². The SMILES string of the molecule is Cc1cc(C)c(NC(=O)[C@H](C)Sc2cccc(C(F)(F)F)c2)c(C)c1. The quantitative estimate of drug-likeness (QED) is 0.697. The number of alkyl halides is 3. The molecular formula is C19H20F3NOS. The lowest BCUT2D eigenvalue weighted by Gasteiger charge is -2.16. The third kappa shape index (κ3) is 5.01. The second kappa shape index (κ2) is 7.52. The zero-order valence-electron chi connectivity index (χ0n) is 14.5. The highest BCUT2D eigenvalue weighted by atomic mass is 32.2. The first-order chi connectivity index (χ1) is 11.6. The Morgan fingerprint density at radius 2 is 1.68 bits per heavy atom. The van der Waals surface area contributed by atoms with Crippen LogP contribution in [0.4, 0.5) is 18.9 Å². The van der Waals surface area contributed by atoms with E-state index in [-0.39, 0.29) is 5.91 Å². The Labute approximate surface area is 149 Å². The van der Waals surface area contributed by atoms with Crippen LogP contribution in [0.1, 0.15) is 29.2 Å². The molecule has 1 N–H and O–H groups in total. The molecule has 25 heavy (non-hydrogen) atoms. The monoisotopic (exact) mass is 367 g/mol. The standard InChI is InChI=1S/C19H20F3NOS/c1-11-8-12(2)17(13(3)9-11)23-18(24)14(4)25-16-7-5-6-15(10-16)19(20,21)22/h5-10,14H,1-4H3,(H,23,24)/t14-/m0/s1. The normalized spacial score (nSPS) is 12.8. The lowest BCUT2D eigenvalue weighted by molar-refractivity contribution is -0.137. The van der Waals surface area contributed by atoms with E-state index >= 15 is 0 Å². The van der Waals surface area contributed by atoms with E-state index < -0.39 is 17.0 Å². The predicted octanol–water partition coefficient (Wildman–Crippen LogP) is 5.75. The van der Waals surface area contributed by atoms with Crippen LogP contribution in [0.15, 0.2) is 41.3 Å². The zero-order chi connectivity index (χ0) is 18.8. The third-order valence-corrected chi connectivity index (χ3v) is 4.86. The Kier molecular flexibility index (Phi) is 5.83. The Hall–Kier alpha value is -1.95. The van der Waals surface area contributed by atoms with Gasteiger partial charge >= 0.3 is 6.18 Å². The molecule has 0 spiro atoms. The molecule has 0 aliphatic heterocycles. The third-order valence-electron chi connectivity index (χ3n) is 3.77. The van der Waals surface area contributed by atoms with Gasteiger partial charge in [-0.05, 0) is 57.0 Å². The van der Waals surface area contributed by atoms with Crippen LogP contribution in [0.3, 0.4) is 0 Å². The van der Waals surface area contributed by atoms with Gasteiger partial charge in [-0.3, -0.25) is 4.79 Å². The highest BCUT2D eigenvalue weighted by Gasteiger charge is 2.30. The predicted molar refractivity (Wildman–Crippen MR) is 96.0 cm³/mol. The molecule has 0 bridgehead atoms.